The van der Waals surface area contributed by atoms with Crippen LogP contribution in [-0.2, 0) is 19.4 Å². The van der Waals surface area contributed by atoms with Crippen LogP contribution in [0.25, 0.3) is 5.32 Å². The van der Waals surface area contributed by atoms with Gasteiger partial charge in [0.1, 0.15) is 0 Å². The Morgan fingerprint density at radius 2 is 1.86 bits per heavy atom. The van der Waals surface area contributed by atoms with E-state index in [1.54, 1.807) is 0 Å². The third-order valence-electron chi connectivity index (χ3n) is 6.05. The minimum atomic E-state index is 0. The van der Waals surface area contributed by atoms with Gasteiger partial charge in [-0.15, -0.1) is 36.8 Å². The van der Waals surface area contributed by atoms with Gasteiger partial charge in [-0.1, -0.05) is 31.0 Å². The molecule has 2 aromatic rings. The van der Waals surface area contributed by atoms with Crippen LogP contribution >= 0.6 is 23.7 Å². The summed E-state index contributed by atoms with van der Waals surface area (Å²) < 4.78 is 0. The average Bonchev–Trinajstić information content (AvgIpc) is 3.14. The van der Waals surface area contributed by atoms with Crippen molar-refractivity contribution < 1.29 is 48.9 Å². The molecular formula is C23H30AcClN2OS-. The van der Waals surface area contributed by atoms with Gasteiger partial charge in [0, 0.05) is 80.6 Å². The van der Waals surface area contributed by atoms with E-state index in [-0.39, 0.29) is 56.5 Å². The van der Waals surface area contributed by atoms with Crippen LogP contribution < -0.4 is 0 Å². The summed E-state index contributed by atoms with van der Waals surface area (Å²) in [5.74, 6) is 1.01. The number of ketones is 1. The molecular weight excluding hydrogens is 615 g/mol. The van der Waals surface area contributed by atoms with Gasteiger partial charge in [-0.05, 0) is 53.8 Å². The third-order valence-corrected chi connectivity index (χ3v) is 6.91. The summed E-state index contributed by atoms with van der Waals surface area (Å²) in [6.07, 6.45) is 6.18. The van der Waals surface area contributed by atoms with E-state index in [1.807, 2.05) is 11.3 Å². The van der Waals surface area contributed by atoms with Gasteiger partial charge in [0.25, 0.3) is 0 Å². The van der Waals surface area contributed by atoms with Crippen LogP contribution in [0.1, 0.15) is 52.0 Å². The standard InChI is InChI=1S/C23H29N2OS.Ac.ClH/c26-23(6-3-18-7-11-24-12-8-18)21-5-4-19-9-13-25(14-10-20(19)16-21)17-22-2-1-15-27-22;;/h1-2,4-5,15-16,18H,3,6-14,17H2;;1H/q-1;;. The predicted molar refractivity (Wildman–Crippen MR) is 120 cm³/mol. The molecule has 29 heavy (non-hydrogen) atoms. The third kappa shape index (κ3) is 7.41. The van der Waals surface area contributed by atoms with Gasteiger partial charge in [-0.2, -0.15) is 0 Å². The Bertz CT molecular complexity index is 762. The van der Waals surface area contributed by atoms with Crippen LogP contribution in [0.5, 0.6) is 0 Å². The first-order valence-electron chi connectivity index (χ1n) is 10.3. The van der Waals surface area contributed by atoms with Crippen molar-refractivity contribution in [3.63, 3.8) is 0 Å². The Kier molecular flexibility index (Phi) is 11.4. The van der Waals surface area contributed by atoms with E-state index in [0.717, 1.165) is 70.4 Å². The van der Waals surface area contributed by atoms with Crippen molar-refractivity contribution in [3.8, 4) is 0 Å². The van der Waals surface area contributed by atoms with Gasteiger partial charge >= 0.3 is 0 Å². The maximum Gasteiger partial charge on any atom is 0.162 e. The maximum atomic E-state index is 12.7. The molecule has 1 saturated heterocycles. The summed E-state index contributed by atoms with van der Waals surface area (Å²) >= 11 is 1.84. The Balaban J connectivity index is 0.00000150. The second-order valence-electron chi connectivity index (χ2n) is 7.92. The number of nitrogens with zero attached hydrogens (tertiary/aromatic N) is 2. The summed E-state index contributed by atoms with van der Waals surface area (Å²) in [5, 5.41) is 6.57. The van der Waals surface area contributed by atoms with Crippen LogP contribution in [0.15, 0.2) is 35.7 Å². The molecule has 1 aromatic heterocycles. The maximum absolute atomic E-state index is 12.7. The molecule has 2 aliphatic rings. The molecule has 1 aromatic carbocycles. The largest absolute Gasteiger partial charge is 0.662 e. The summed E-state index contributed by atoms with van der Waals surface area (Å²) in [7, 11) is 0. The molecule has 4 rings (SSSR count). The van der Waals surface area contributed by atoms with Gasteiger partial charge in [0.2, 0.25) is 0 Å². The van der Waals surface area contributed by atoms with Crippen LogP contribution in [0.3, 0.4) is 0 Å². The fourth-order valence-corrected chi connectivity index (χ4v) is 5.04. The van der Waals surface area contributed by atoms with Gasteiger partial charge in [0.05, 0.1) is 0 Å². The van der Waals surface area contributed by atoms with Crippen LogP contribution in [0.2, 0.25) is 0 Å². The SMILES string of the molecule is Cl.O=C(CCC1CC[N-]CC1)c1ccc2c(c1)CCN(Cc1cccs1)CC2.[Ac]. The second kappa shape index (κ2) is 12.9. The molecule has 1 radical (unpaired) electrons. The molecule has 0 aliphatic carbocycles. The summed E-state index contributed by atoms with van der Waals surface area (Å²) in [4.78, 5) is 16.7. The Morgan fingerprint density at radius 3 is 2.59 bits per heavy atom. The van der Waals surface area contributed by atoms with Crippen molar-refractivity contribution in [1.29, 1.82) is 0 Å². The monoisotopic (exact) mass is 644 g/mol. The Morgan fingerprint density at radius 1 is 1.10 bits per heavy atom. The number of carbonyl (C=O) groups excluding carboxylic acids is 1. The zero-order valence-electron chi connectivity index (χ0n) is 17.0. The number of halogens is 1. The number of hydrogen-bond donors (Lipinski definition) is 0. The number of hydrogen-bond acceptors (Lipinski definition) is 3. The molecule has 1 fully saturated rings. The number of rotatable bonds is 6. The van der Waals surface area contributed by atoms with Crippen LogP contribution in [-0.4, -0.2) is 36.9 Å². The molecule has 2 aliphatic heterocycles. The van der Waals surface area contributed by atoms with Gasteiger partial charge in [-0.3, -0.25) is 9.69 Å². The first-order valence-corrected chi connectivity index (χ1v) is 11.2. The van der Waals surface area contributed by atoms with Crippen LogP contribution in [0, 0.1) is 50.0 Å². The van der Waals surface area contributed by atoms with Crippen molar-refractivity contribution in [1.82, 2.24) is 4.90 Å². The molecule has 0 unspecified atom stereocenters. The van der Waals surface area contributed by atoms with Gasteiger partial charge in [0.15, 0.2) is 5.78 Å². The number of Topliss-reactive ketones (excluding diaryl/α,β-unsaturated/α-hetero) is 1. The normalized spacial score (nSPS) is 17.5. The first kappa shape index (κ1) is 25.5. The van der Waals surface area contributed by atoms with Crippen molar-refractivity contribution in [2.75, 3.05) is 26.2 Å². The van der Waals surface area contributed by atoms with Gasteiger partial charge < -0.3 is 5.32 Å². The van der Waals surface area contributed by atoms with Crippen LogP contribution in [0.4, 0.5) is 0 Å². The molecule has 0 saturated carbocycles. The van der Waals surface area contributed by atoms with Crippen molar-refractivity contribution in [3.05, 3.63) is 62.6 Å². The summed E-state index contributed by atoms with van der Waals surface area (Å²) in [5.41, 5.74) is 3.72. The average molecular weight is 645 g/mol. The van der Waals surface area contributed by atoms with E-state index < -0.39 is 0 Å². The van der Waals surface area contributed by atoms with Crippen molar-refractivity contribution in [2.24, 2.45) is 5.92 Å². The molecule has 0 N–H and O–H groups in total. The minimum Gasteiger partial charge on any atom is -0.662 e. The van der Waals surface area contributed by atoms with Crippen molar-refractivity contribution in [2.45, 2.75) is 45.1 Å². The quantitative estimate of drug-likeness (QED) is 0.389. The number of benzene rings is 1. The zero-order valence-corrected chi connectivity index (χ0v) is 23.4. The van der Waals surface area contributed by atoms with E-state index in [0.29, 0.717) is 18.1 Å². The molecule has 0 bridgehead atoms. The van der Waals surface area contributed by atoms with Gasteiger partial charge in [-0.25, -0.2) is 0 Å². The second-order valence-corrected chi connectivity index (χ2v) is 8.95. The zero-order chi connectivity index (χ0) is 18.5. The van der Waals surface area contributed by atoms with E-state index in [2.05, 4.69) is 45.9 Å². The summed E-state index contributed by atoms with van der Waals surface area (Å²) in [6.45, 7) is 5.20. The smallest absolute Gasteiger partial charge is 0.162 e. The molecule has 0 spiro atoms. The van der Waals surface area contributed by atoms with E-state index in [4.69, 9.17) is 0 Å². The number of piperidine rings is 1. The predicted octanol–water partition coefficient (Wildman–Crippen LogP) is 5.52. The number of carbonyl (C=O) groups is 1. The minimum absolute atomic E-state index is 0. The molecule has 155 valence electrons. The molecule has 3 heterocycles. The molecule has 0 amide bonds. The first-order chi connectivity index (χ1) is 13.3. The Hall–Kier alpha value is 0.242. The number of fused-ring (bicyclic) bond motifs is 1. The van der Waals surface area contributed by atoms with E-state index >= 15 is 0 Å². The van der Waals surface area contributed by atoms with E-state index in [1.165, 1.54) is 16.0 Å². The molecule has 6 heteroatoms. The fraction of sp³-hybridized carbons (Fsp3) is 0.522. The Labute approximate surface area is 221 Å². The molecule has 3 nitrogen and oxygen atoms in total. The summed E-state index contributed by atoms with van der Waals surface area (Å²) in [6, 6.07) is 10.8. The van der Waals surface area contributed by atoms with E-state index in [9.17, 15) is 4.79 Å². The topological polar surface area (TPSA) is 34.4 Å². The molecule has 0 atom stereocenters. The number of thiophene rings is 1. The fourth-order valence-electron chi connectivity index (χ4n) is 4.30. The van der Waals surface area contributed by atoms with Crippen molar-refractivity contribution >= 4 is 29.5 Å².